The van der Waals surface area contributed by atoms with Crippen LogP contribution >= 0.6 is 11.8 Å². The molecule has 2 aromatic carbocycles. The zero-order valence-electron chi connectivity index (χ0n) is 13.3. The zero-order chi connectivity index (χ0) is 17.1. The molecule has 0 unspecified atom stereocenters. The molecule has 0 aliphatic carbocycles. The molecule has 0 bridgehead atoms. The molecule has 1 aliphatic rings. The number of rotatable bonds is 3. The largest absolute Gasteiger partial charge is 0.317 e. The second kappa shape index (κ2) is 6.83. The highest BCUT2D eigenvalue weighted by molar-refractivity contribution is 8.18. The van der Waals surface area contributed by atoms with Crippen LogP contribution in [-0.2, 0) is 4.79 Å². The van der Waals surface area contributed by atoms with Crippen molar-refractivity contribution < 1.29 is 4.79 Å². The first kappa shape index (κ1) is 15.5. The molecule has 1 saturated heterocycles. The first-order chi connectivity index (χ1) is 12.3. The van der Waals surface area contributed by atoms with Crippen molar-refractivity contribution in [3.63, 3.8) is 0 Å². The van der Waals surface area contributed by atoms with Crippen molar-refractivity contribution in [3.05, 3.63) is 89.6 Å². The standard InChI is InChI=1S/C20H15N3OS/c24-19-18(25-20(22-19)21-15-8-3-1-4-9-15)14-17-12-7-13-23(17)16-10-5-2-6-11-16/h1-14H,(H,21,22,24)/b18-14+. The number of nitrogens with one attached hydrogen (secondary N) is 1. The molecular formula is C20H15N3OS. The molecule has 122 valence electrons. The summed E-state index contributed by atoms with van der Waals surface area (Å²) >= 11 is 1.35. The summed E-state index contributed by atoms with van der Waals surface area (Å²) in [6, 6.07) is 23.6. The number of hydrogen-bond acceptors (Lipinski definition) is 3. The van der Waals surface area contributed by atoms with Gasteiger partial charge in [-0.2, -0.15) is 0 Å². The van der Waals surface area contributed by atoms with Crippen LogP contribution in [0, 0.1) is 0 Å². The van der Waals surface area contributed by atoms with Gasteiger partial charge in [0.15, 0.2) is 5.17 Å². The molecule has 0 radical (unpaired) electrons. The van der Waals surface area contributed by atoms with Crippen molar-refractivity contribution in [1.29, 1.82) is 0 Å². The molecule has 0 saturated carbocycles. The fraction of sp³-hybridized carbons (Fsp3) is 0. The lowest BCUT2D eigenvalue weighted by Crippen LogP contribution is -2.19. The Kier molecular flexibility index (Phi) is 4.23. The highest BCUT2D eigenvalue weighted by atomic mass is 32.2. The van der Waals surface area contributed by atoms with Crippen LogP contribution < -0.4 is 5.32 Å². The van der Waals surface area contributed by atoms with E-state index in [1.807, 2.05) is 89.6 Å². The van der Waals surface area contributed by atoms with Crippen LogP contribution in [0.15, 0.2) is 88.9 Å². The number of hydrogen-bond donors (Lipinski definition) is 1. The van der Waals surface area contributed by atoms with E-state index in [0.717, 1.165) is 17.1 Å². The summed E-state index contributed by atoms with van der Waals surface area (Å²) in [6.07, 6.45) is 3.87. The Morgan fingerprint density at radius 2 is 1.64 bits per heavy atom. The minimum atomic E-state index is -0.125. The number of benzene rings is 2. The van der Waals surface area contributed by atoms with Crippen LogP contribution in [0.25, 0.3) is 11.8 Å². The topological polar surface area (TPSA) is 46.4 Å². The van der Waals surface area contributed by atoms with E-state index in [2.05, 4.69) is 10.3 Å². The van der Waals surface area contributed by atoms with Crippen molar-refractivity contribution in [2.45, 2.75) is 0 Å². The Labute approximate surface area is 149 Å². The normalized spacial score (nSPS) is 17.2. The van der Waals surface area contributed by atoms with Gasteiger partial charge in [-0.3, -0.25) is 4.79 Å². The number of aliphatic imine (C=N–C) groups is 1. The Balaban J connectivity index is 1.62. The van der Waals surface area contributed by atoms with Crippen molar-refractivity contribution in [3.8, 4) is 5.69 Å². The van der Waals surface area contributed by atoms with Gasteiger partial charge in [0.05, 0.1) is 10.6 Å². The second-order valence-corrected chi connectivity index (χ2v) is 6.49. The van der Waals surface area contributed by atoms with Crippen LogP contribution in [0.2, 0.25) is 0 Å². The van der Waals surface area contributed by atoms with E-state index in [4.69, 9.17) is 0 Å². The summed E-state index contributed by atoms with van der Waals surface area (Å²) in [5.41, 5.74) is 2.82. The SMILES string of the molecule is O=C1NC(=Nc2ccccc2)S/C1=C/c1cccn1-c1ccccc1. The predicted octanol–water partition coefficient (Wildman–Crippen LogP) is 4.37. The third-order valence-electron chi connectivity index (χ3n) is 3.73. The maximum Gasteiger partial charge on any atom is 0.264 e. The molecular weight excluding hydrogens is 330 g/mol. The van der Waals surface area contributed by atoms with Gasteiger partial charge in [-0.05, 0) is 54.2 Å². The minimum Gasteiger partial charge on any atom is -0.317 e. The van der Waals surface area contributed by atoms with Crippen molar-refractivity contribution in [1.82, 2.24) is 9.88 Å². The first-order valence-corrected chi connectivity index (χ1v) is 8.69. The lowest BCUT2D eigenvalue weighted by atomic mass is 10.3. The number of aromatic nitrogens is 1. The molecule has 4 rings (SSSR count). The van der Waals surface area contributed by atoms with Gasteiger partial charge in [0.1, 0.15) is 0 Å². The number of amidine groups is 1. The number of carbonyl (C=O) groups is 1. The van der Waals surface area contributed by atoms with Crippen LogP contribution in [0.1, 0.15) is 5.69 Å². The summed E-state index contributed by atoms with van der Waals surface area (Å²) < 4.78 is 2.05. The van der Waals surface area contributed by atoms with E-state index in [1.165, 1.54) is 11.8 Å². The maximum atomic E-state index is 12.3. The number of para-hydroxylation sites is 2. The molecule has 1 fully saturated rings. The van der Waals surface area contributed by atoms with Gasteiger partial charge in [0.25, 0.3) is 5.91 Å². The maximum absolute atomic E-state index is 12.3. The number of nitrogens with zero attached hydrogens (tertiary/aromatic N) is 2. The second-order valence-electron chi connectivity index (χ2n) is 5.46. The van der Waals surface area contributed by atoms with Crippen LogP contribution in [-0.4, -0.2) is 15.6 Å². The Morgan fingerprint density at radius 3 is 2.40 bits per heavy atom. The fourth-order valence-corrected chi connectivity index (χ4v) is 3.40. The number of thioether (sulfide) groups is 1. The summed E-state index contributed by atoms with van der Waals surface area (Å²) in [7, 11) is 0. The van der Waals surface area contributed by atoms with E-state index < -0.39 is 0 Å². The molecule has 3 aromatic rings. The average Bonchev–Trinajstić information content (AvgIpc) is 3.24. The van der Waals surface area contributed by atoms with E-state index in [1.54, 1.807) is 0 Å². The molecule has 1 amide bonds. The van der Waals surface area contributed by atoms with Gasteiger partial charge >= 0.3 is 0 Å². The highest BCUT2D eigenvalue weighted by Crippen LogP contribution is 2.28. The van der Waals surface area contributed by atoms with Crippen LogP contribution in [0.3, 0.4) is 0 Å². The molecule has 4 nitrogen and oxygen atoms in total. The summed E-state index contributed by atoms with van der Waals surface area (Å²) in [5.74, 6) is -0.125. The lowest BCUT2D eigenvalue weighted by Gasteiger charge is -2.06. The van der Waals surface area contributed by atoms with E-state index in [0.29, 0.717) is 10.1 Å². The van der Waals surface area contributed by atoms with Gasteiger partial charge < -0.3 is 9.88 Å². The van der Waals surface area contributed by atoms with Crippen molar-refractivity contribution in [2.75, 3.05) is 0 Å². The predicted molar refractivity (Wildman–Crippen MR) is 103 cm³/mol. The Morgan fingerprint density at radius 1 is 0.920 bits per heavy atom. The Bertz CT molecular complexity index is 959. The first-order valence-electron chi connectivity index (χ1n) is 7.87. The quantitative estimate of drug-likeness (QED) is 0.717. The fourth-order valence-electron chi connectivity index (χ4n) is 2.57. The monoisotopic (exact) mass is 345 g/mol. The summed E-state index contributed by atoms with van der Waals surface area (Å²) in [6.45, 7) is 0. The number of carbonyl (C=O) groups excluding carboxylic acids is 1. The Hall–Kier alpha value is -3.05. The van der Waals surface area contributed by atoms with E-state index in [9.17, 15) is 4.79 Å². The molecule has 2 heterocycles. The van der Waals surface area contributed by atoms with Gasteiger partial charge in [-0.1, -0.05) is 36.4 Å². The van der Waals surface area contributed by atoms with Crippen LogP contribution in [0.5, 0.6) is 0 Å². The smallest absolute Gasteiger partial charge is 0.264 e. The van der Waals surface area contributed by atoms with Gasteiger partial charge in [0, 0.05) is 17.6 Å². The molecule has 1 aliphatic heterocycles. The average molecular weight is 345 g/mol. The van der Waals surface area contributed by atoms with E-state index >= 15 is 0 Å². The lowest BCUT2D eigenvalue weighted by molar-refractivity contribution is -0.115. The molecule has 1 N–H and O–H groups in total. The number of amides is 1. The third-order valence-corrected chi connectivity index (χ3v) is 4.64. The molecule has 5 heteroatoms. The van der Waals surface area contributed by atoms with Crippen molar-refractivity contribution >= 4 is 34.6 Å². The summed E-state index contributed by atoms with van der Waals surface area (Å²) in [4.78, 5) is 17.4. The molecule has 1 aromatic heterocycles. The van der Waals surface area contributed by atoms with Gasteiger partial charge in [-0.25, -0.2) is 4.99 Å². The van der Waals surface area contributed by atoms with Crippen LogP contribution in [0.4, 0.5) is 5.69 Å². The minimum absolute atomic E-state index is 0.125. The zero-order valence-corrected chi connectivity index (χ0v) is 14.1. The molecule has 0 spiro atoms. The third kappa shape index (κ3) is 3.41. The van der Waals surface area contributed by atoms with Gasteiger partial charge in [-0.15, -0.1) is 0 Å². The molecule has 0 atom stereocenters. The molecule has 25 heavy (non-hydrogen) atoms. The van der Waals surface area contributed by atoms with Crippen molar-refractivity contribution in [2.24, 2.45) is 4.99 Å². The summed E-state index contributed by atoms with van der Waals surface area (Å²) in [5, 5.41) is 3.42. The highest BCUT2D eigenvalue weighted by Gasteiger charge is 2.24. The van der Waals surface area contributed by atoms with E-state index in [-0.39, 0.29) is 5.91 Å². The van der Waals surface area contributed by atoms with Gasteiger partial charge in [0.2, 0.25) is 0 Å².